The Labute approximate surface area is 150 Å². The van der Waals surface area contributed by atoms with Gasteiger partial charge in [-0.05, 0) is 48.5 Å². The topological polar surface area (TPSA) is 119 Å². The van der Waals surface area contributed by atoms with Crippen LogP contribution in [0, 0.1) is 0 Å². The van der Waals surface area contributed by atoms with Crippen molar-refractivity contribution in [2.45, 2.75) is 17.4 Å². The molecule has 1 heterocycles. The van der Waals surface area contributed by atoms with E-state index in [2.05, 4.69) is 5.32 Å². The van der Waals surface area contributed by atoms with Gasteiger partial charge in [-0.25, -0.2) is 18.5 Å². The minimum atomic E-state index is -3.78. The molecule has 1 aliphatic heterocycles. The highest BCUT2D eigenvalue weighted by atomic mass is 32.2. The number of benzene rings is 2. The number of amides is 2. The third-order valence-electron chi connectivity index (χ3n) is 4.00. The van der Waals surface area contributed by atoms with Crippen molar-refractivity contribution in [1.29, 1.82) is 0 Å². The molecule has 0 aromatic heterocycles. The van der Waals surface area contributed by atoms with Crippen LogP contribution in [0.25, 0.3) is 0 Å². The van der Waals surface area contributed by atoms with E-state index in [1.54, 1.807) is 24.3 Å². The van der Waals surface area contributed by atoms with Crippen LogP contribution in [0.3, 0.4) is 0 Å². The highest BCUT2D eigenvalue weighted by Gasteiger charge is 2.39. The summed E-state index contributed by atoms with van der Waals surface area (Å²) in [6.45, 7) is 0. The molecule has 0 spiro atoms. The molecule has 3 rings (SSSR count). The molecule has 0 saturated carbocycles. The molecule has 2 aromatic rings. The summed E-state index contributed by atoms with van der Waals surface area (Å²) < 4.78 is 27.6. The second-order valence-electron chi connectivity index (χ2n) is 5.74. The van der Waals surface area contributed by atoms with Gasteiger partial charge in [0.25, 0.3) is 5.91 Å². The molecule has 0 radical (unpaired) electrons. The first-order chi connectivity index (χ1) is 12.3. The average molecular weight is 375 g/mol. The van der Waals surface area contributed by atoms with Gasteiger partial charge in [-0.1, -0.05) is 0 Å². The van der Waals surface area contributed by atoms with Gasteiger partial charge in [0.2, 0.25) is 15.9 Å². The van der Waals surface area contributed by atoms with Gasteiger partial charge in [0, 0.05) is 5.69 Å². The van der Waals surface area contributed by atoms with Crippen LogP contribution in [0.15, 0.2) is 53.4 Å². The molecule has 0 bridgehead atoms. The zero-order chi connectivity index (χ0) is 18.9. The number of hydrogen-bond donors (Lipinski definition) is 2. The molecule has 1 aliphatic rings. The third-order valence-corrected chi connectivity index (χ3v) is 4.93. The van der Waals surface area contributed by atoms with E-state index in [0.717, 1.165) is 4.90 Å². The molecule has 136 valence electrons. The number of carbonyl (C=O) groups excluding carboxylic acids is 2. The smallest absolute Gasteiger partial charge is 0.256 e. The first kappa shape index (κ1) is 17.9. The highest BCUT2D eigenvalue weighted by molar-refractivity contribution is 7.89. The maximum Gasteiger partial charge on any atom is 0.256 e. The normalized spacial score (nSPS) is 17.5. The molecule has 1 saturated heterocycles. The van der Waals surface area contributed by atoms with Crippen molar-refractivity contribution in [3.63, 3.8) is 0 Å². The van der Waals surface area contributed by atoms with E-state index in [-0.39, 0.29) is 23.1 Å². The Hall–Kier alpha value is -2.91. The molecule has 26 heavy (non-hydrogen) atoms. The Bertz CT molecular complexity index is 939. The lowest BCUT2D eigenvalue weighted by Gasteiger charge is -2.16. The summed E-state index contributed by atoms with van der Waals surface area (Å²) >= 11 is 0. The predicted octanol–water partition coefficient (Wildman–Crippen LogP) is 1.09. The van der Waals surface area contributed by atoms with Crippen molar-refractivity contribution >= 4 is 33.2 Å². The lowest BCUT2D eigenvalue weighted by atomic mass is 10.2. The zero-order valence-corrected chi connectivity index (χ0v) is 14.7. The summed E-state index contributed by atoms with van der Waals surface area (Å²) in [6.07, 6.45) is 0.00179. The quantitative estimate of drug-likeness (QED) is 0.755. The number of primary sulfonamides is 1. The molecule has 0 unspecified atom stereocenters. The van der Waals surface area contributed by atoms with Crippen LogP contribution in [-0.2, 0) is 19.6 Å². The number of ether oxygens (including phenoxy) is 1. The number of methoxy groups -OCH3 is 1. The summed E-state index contributed by atoms with van der Waals surface area (Å²) in [5, 5.41) is 8.00. The zero-order valence-electron chi connectivity index (χ0n) is 13.9. The number of carbonyl (C=O) groups is 2. The maximum atomic E-state index is 12.6. The number of nitrogens with two attached hydrogens (primary N) is 1. The van der Waals surface area contributed by atoms with Gasteiger partial charge in [0.05, 0.1) is 24.1 Å². The fourth-order valence-electron chi connectivity index (χ4n) is 2.69. The van der Waals surface area contributed by atoms with E-state index < -0.39 is 16.1 Å². The van der Waals surface area contributed by atoms with Crippen LogP contribution in [0.1, 0.15) is 6.42 Å². The number of nitrogens with zero attached hydrogens (tertiary/aromatic N) is 1. The fraction of sp³-hybridized carbons (Fsp3) is 0.176. The number of sulfonamides is 1. The minimum Gasteiger partial charge on any atom is -0.497 e. The maximum absolute atomic E-state index is 12.6. The molecule has 9 heteroatoms. The third kappa shape index (κ3) is 3.53. The van der Waals surface area contributed by atoms with E-state index in [1.165, 1.54) is 31.4 Å². The SMILES string of the molecule is COc1ccc(N2C(=O)C[C@H](Nc3ccc(S(N)(=O)=O)cc3)C2=O)cc1. The van der Waals surface area contributed by atoms with Crippen LogP contribution in [0.4, 0.5) is 11.4 Å². The Kier molecular flexibility index (Phi) is 4.66. The van der Waals surface area contributed by atoms with Gasteiger partial charge in [0.1, 0.15) is 11.8 Å². The predicted molar refractivity (Wildman–Crippen MR) is 95.3 cm³/mol. The van der Waals surface area contributed by atoms with Crippen LogP contribution in [0.5, 0.6) is 5.75 Å². The van der Waals surface area contributed by atoms with E-state index in [9.17, 15) is 18.0 Å². The number of imide groups is 1. The van der Waals surface area contributed by atoms with Crippen LogP contribution >= 0.6 is 0 Å². The average Bonchev–Trinajstić information content (AvgIpc) is 2.88. The standard InChI is InChI=1S/C17H17N3O5S/c1-25-13-6-4-12(5-7-13)20-16(21)10-15(17(20)22)19-11-2-8-14(9-3-11)26(18,23)24/h2-9,15,19H,10H2,1H3,(H2,18,23,24)/t15-/m0/s1. The summed E-state index contributed by atoms with van der Waals surface area (Å²) in [7, 11) is -2.25. The lowest BCUT2D eigenvalue weighted by Crippen LogP contribution is -2.34. The van der Waals surface area contributed by atoms with Crippen LogP contribution < -0.4 is 20.1 Å². The molecule has 3 N–H and O–H groups in total. The minimum absolute atomic E-state index is 0.00179. The van der Waals surface area contributed by atoms with Gasteiger partial charge >= 0.3 is 0 Å². The van der Waals surface area contributed by atoms with Gasteiger partial charge < -0.3 is 10.1 Å². The summed E-state index contributed by atoms with van der Waals surface area (Å²) in [6, 6.07) is 11.5. The molecule has 1 fully saturated rings. The van der Waals surface area contributed by atoms with Crippen molar-refractivity contribution < 1.29 is 22.7 Å². The molecule has 2 aromatic carbocycles. The number of hydrogen-bond acceptors (Lipinski definition) is 6. The Morgan fingerprint density at radius 3 is 2.23 bits per heavy atom. The van der Waals surface area contributed by atoms with E-state index in [4.69, 9.17) is 9.88 Å². The molecule has 8 nitrogen and oxygen atoms in total. The number of rotatable bonds is 5. The van der Waals surface area contributed by atoms with Crippen molar-refractivity contribution in [3.8, 4) is 5.75 Å². The number of nitrogens with one attached hydrogen (secondary N) is 1. The fourth-order valence-corrected chi connectivity index (χ4v) is 3.20. The van der Waals surface area contributed by atoms with Gasteiger partial charge in [0.15, 0.2) is 0 Å². The lowest BCUT2D eigenvalue weighted by molar-refractivity contribution is -0.121. The molecular formula is C17H17N3O5S. The molecular weight excluding hydrogens is 358 g/mol. The Morgan fingerprint density at radius 2 is 1.69 bits per heavy atom. The summed E-state index contributed by atoms with van der Waals surface area (Å²) in [5.41, 5.74) is 0.981. The second-order valence-corrected chi connectivity index (χ2v) is 7.30. The van der Waals surface area contributed by atoms with Crippen molar-refractivity contribution in [3.05, 3.63) is 48.5 Å². The highest BCUT2D eigenvalue weighted by Crippen LogP contribution is 2.27. The van der Waals surface area contributed by atoms with Gasteiger partial charge in [-0.2, -0.15) is 0 Å². The molecule has 1 atom stereocenters. The second kappa shape index (κ2) is 6.77. The Balaban J connectivity index is 1.76. The molecule has 2 amide bonds. The molecule has 0 aliphatic carbocycles. The summed E-state index contributed by atoms with van der Waals surface area (Å²) in [4.78, 5) is 26.0. The number of anilines is 2. The van der Waals surface area contributed by atoms with E-state index in [1.807, 2.05) is 0 Å². The monoisotopic (exact) mass is 375 g/mol. The summed E-state index contributed by atoms with van der Waals surface area (Å²) in [5.74, 6) is -0.0769. The van der Waals surface area contributed by atoms with Crippen molar-refractivity contribution in [2.24, 2.45) is 5.14 Å². The van der Waals surface area contributed by atoms with Crippen molar-refractivity contribution in [2.75, 3.05) is 17.3 Å². The van der Waals surface area contributed by atoms with E-state index in [0.29, 0.717) is 17.1 Å². The van der Waals surface area contributed by atoms with Crippen LogP contribution in [0.2, 0.25) is 0 Å². The van der Waals surface area contributed by atoms with Crippen LogP contribution in [-0.4, -0.2) is 33.4 Å². The Morgan fingerprint density at radius 1 is 1.08 bits per heavy atom. The largest absolute Gasteiger partial charge is 0.497 e. The van der Waals surface area contributed by atoms with E-state index >= 15 is 0 Å². The van der Waals surface area contributed by atoms with Gasteiger partial charge in [-0.15, -0.1) is 0 Å². The first-order valence-corrected chi connectivity index (χ1v) is 9.24. The van der Waals surface area contributed by atoms with Gasteiger partial charge in [-0.3, -0.25) is 9.59 Å². The van der Waals surface area contributed by atoms with Crippen molar-refractivity contribution in [1.82, 2.24) is 0 Å². The first-order valence-electron chi connectivity index (χ1n) is 7.70.